The van der Waals surface area contributed by atoms with Gasteiger partial charge >= 0.3 is 5.97 Å². The number of aliphatic hydroxyl groups excluding tert-OH is 1. The summed E-state index contributed by atoms with van der Waals surface area (Å²) in [4.78, 5) is 42.9. The van der Waals surface area contributed by atoms with Crippen molar-refractivity contribution in [3.05, 3.63) is 41.9 Å². The fraction of sp³-hybridized carbons (Fsp3) is 0.542. The highest BCUT2D eigenvalue weighted by Crippen LogP contribution is 2.60. The second kappa shape index (κ2) is 9.26. The van der Waals surface area contributed by atoms with Gasteiger partial charge in [0.25, 0.3) is 5.91 Å². The summed E-state index contributed by atoms with van der Waals surface area (Å²) in [6, 6.07) is 4.95. The lowest BCUT2D eigenvalue weighted by atomic mass is 9.70. The lowest BCUT2D eigenvalue weighted by molar-refractivity contribution is -0.151. The van der Waals surface area contributed by atoms with Gasteiger partial charge in [0.1, 0.15) is 11.6 Å². The first-order valence-electron chi connectivity index (χ1n) is 11.2. The molecule has 3 aliphatic rings. The molecule has 3 aliphatic heterocycles. The number of carbonyl (C=O) groups is 3. The van der Waals surface area contributed by atoms with Gasteiger partial charge in [0, 0.05) is 22.1 Å². The minimum absolute atomic E-state index is 0.161. The van der Waals surface area contributed by atoms with E-state index < -0.39 is 53.4 Å². The topological polar surface area (TPSA) is 107 Å². The van der Waals surface area contributed by atoms with Crippen LogP contribution in [-0.4, -0.2) is 74.7 Å². The molecule has 2 N–H and O–H groups in total. The van der Waals surface area contributed by atoms with Gasteiger partial charge in [-0.2, -0.15) is 0 Å². The van der Waals surface area contributed by atoms with Crippen LogP contribution < -0.4 is 4.90 Å². The second-order valence-corrected chi connectivity index (χ2v) is 11.1. The van der Waals surface area contributed by atoms with Crippen LogP contribution in [0.5, 0.6) is 0 Å². The van der Waals surface area contributed by atoms with Gasteiger partial charge in [-0.15, -0.1) is 6.58 Å². The normalized spacial score (nSPS) is 32.7. The standard InChI is InChI=1S/C24H28BrClN2O6/c1-4-9-27(14-7-5-13(26)6-8-14)22(31)20-24-10-15(25)19(34-24)17(23(32)33)18(24)21(30)28(20)16(11-29)12(2)3/h4-8,12,15-20,29H,1,9-11H2,2-3H3,(H,32,33)/t15?,16-,17+,18-,19+,20?,24?/m0/s1. The van der Waals surface area contributed by atoms with E-state index in [1.54, 1.807) is 30.3 Å². The Kier molecular flexibility index (Phi) is 6.85. The zero-order valence-electron chi connectivity index (χ0n) is 18.9. The molecule has 0 radical (unpaired) electrons. The summed E-state index contributed by atoms with van der Waals surface area (Å²) >= 11 is 9.57. The van der Waals surface area contributed by atoms with Gasteiger partial charge in [0.15, 0.2) is 0 Å². The molecule has 2 amide bonds. The molecule has 3 heterocycles. The Morgan fingerprint density at radius 3 is 2.56 bits per heavy atom. The fourth-order valence-corrected chi connectivity index (χ4v) is 6.90. The summed E-state index contributed by atoms with van der Waals surface area (Å²) in [6.45, 7) is 7.27. The van der Waals surface area contributed by atoms with Crippen molar-refractivity contribution < 1.29 is 29.3 Å². The smallest absolute Gasteiger partial charge is 0.310 e. The minimum Gasteiger partial charge on any atom is -0.481 e. The molecule has 1 spiro atoms. The molecule has 34 heavy (non-hydrogen) atoms. The first kappa shape index (κ1) is 25.2. The summed E-state index contributed by atoms with van der Waals surface area (Å²) in [7, 11) is 0. The number of anilines is 1. The first-order valence-corrected chi connectivity index (χ1v) is 12.5. The number of likely N-dealkylation sites (tertiary alicyclic amines) is 1. The van der Waals surface area contributed by atoms with Crippen molar-refractivity contribution in [2.24, 2.45) is 17.8 Å². The molecule has 3 fully saturated rings. The summed E-state index contributed by atoms with van der Waals surface area (Å²) < 4.78 is 6.30. The summed E-state index contributed by atoms with van der Waals surface area (Å²) in [5.74, 6) is -4.28. The average Bonchev–Trinajstić information content (AvgIpc) is 3.37. The number of aliphatic carboxylic acids is 1. The van der Waals surface area contributed by atoms with Gasteiger partial charge in [-0.05, 0) is 36.6 Å². The Morgan fingerprint density at radius 2 is 2.03 bits per heavy atom. The van der Waals surface area contributed by atoms with E-state index >= 15 is 0 Å². The molecule has 0 saturated carbocycles. The number of hydrogen-bond donors (Lipinski definition) is 2. The molecule has 1 aromatic carbocycles. The first-order chi connectivity index (χ1) is 16.1. The van der Waals surface area contributed by atoms with Crippen LogP contribution in [0.1, 0.15) is 20.3 Å². The number of alkyl halides is 1. The molecule has 0 aliphatic carbocycles. The maximum atomic E-state index is 14.3. The monoisotopic (exact) mass is 554 g/mol. The number of aliphatic hydroxyl groups is 1. The molecule has 3 saturated heterocycles. The summed E-state index contributed by atoms with van der Waals surface area (Å²) in [6.07, 6.45) is 1.16. The SMILES string of the molecule is C=CCN(C(=O)C1N([C@@H](CO)C(C)C)C(=O)[C@@H]2[C@@H](C(=O)O)[C@@H]3OC12CC3Br)c1ccc(Cl)cc1. The number of carboxylic acids is 1. The molecule has 8 nitrogen and oxygen atoms in total. The number of carbonyl (C=O) groups excluding carboxylic acids is 2. The molecule has 1 aromatic rings. The van der Waals surface area contributed by atoms with E-state index in [0.29, 0.717) is 17.1 Å². The van der Waals surface area contributed by atoms with Crippen molar-refractivity contribution in [2.75, 3.05) is 18.1 Å². The number of carboxylic acid groups (broad SMARTS) is 1. The van der Waals surface area contributed by atoms with Crippen LogP contribution in [0.4, 0.5) is 5.69 Å². The van der Waals surface area contributed by atoms with E-state index in [0.717, 1.165) is 0 Å². The number of hydrogen-bond acceptors (Lipinski definition) is 5. The molecule has 3 unspecified atom stereocenters. The van der Waals surface area contributed by atoms with E-state index in [2.05, 4.69) is 22.5 Å². The number of amides is 2. The molecule has 7 atom stereocenters. The van der Waals surface area contributed by atoms with E-state index in [4.69, 9.17) is 16.3 Å². The Balaban J connectivity index is 1.86. The van der Waals surface area contributed by atoms with E-state index in [9.17, 15) is 24.6 Å². The van der Waals surface area contributed by atoms with Crippen molar-refractivity contribution in [3.8, 4) is 0 Å². The van der Waals surface area contributed by atoms with Crippen molar-refractivity contribution in [1.29, 1.82) is 0 Å². The van der Waals surface area contributed by atoms with Gasteiger partial charge in [-0.3, -0.25) is 14.4 Å². The van der Waals surface area contributed by atoms with E-state index in [1.807, 2.05) is 13.8 Å². The minimum atomic E-state index is -1.32. The third kappa shape index (κ3) is 3.68. The van der Waals surface area contributed by atoms with E-state index in [1.165, 1.54) is 9.80 Å². The Morgan fingerprint density at radius 1 is 1.38 bits per heavy atom. The third-order valence-corrected chi connectivity index (χ3v) is 8.37. The maximum absolute atomic E-state index is 14.3. The van der Waals surface area contributed by atoms with Gasteiger partial charge in [-0.25, -0.2) is 0 Å². The van der Waals surface area contributed by atoms with Crippen molar-refractivity contribution >= 4 is 51.0 Å². The quantitative estimate of drug-likeness (QED) is 0.377. The van der Waals surface area contributed by atoms with Crippen LogP contribution in [-0.2, 0) is 19.1 Å². The van der Waals surface area contributed by atoms with Crippen LogP contribution in [0.3, 0.4) is 0 Å². The van der Waals surface area contributed by atoms with Crippen LogP contribution in [0.25, 0.3) is 0 Å². The summed E-state index contributed by atoms with van der Waals surface area (Å²) in [5, 5.41) is 20.7. The van der Waals surface area contributed by atoms with Crippen molar-refractivity contribution in [3.63, 3.8) is 0 Å². The van der Waals surface area contributed by atoms with Crippen LogP contribution >= 0.6 is 27.5 Å². The second-order valence-electron chi connectivity index (χ2n) is 9.46. The van der Waals surface area contributed by atoms with Crippen LogP contribution in [0.15, 0.2) is 36.9 Å². The predicted octanol–water partition coefficient (Wildman–Crippen LogP) is 2.71. The van der Waals surface area contributed by atoms with E-state index in [-0.39, 0.29) is 23.9 Å². The maximum Gasteiger partial charge on any atom is 0.310 e. The predicted molar refractivity (Wildman–Crippen MR) is 130 cm³/mol. The lowest BCUT2D eigenvalue weighted by Gasteiger charge is -2.40. The average molecular weight is 556 g/mol. The third-order valence-electron chi connectivity index (χ3n) is 7.28. The zero-order valence-corrected chi connectivity index (χ0v) is 21.3. The Hall–Kier alpha value is -1.94. The van der Waals surface area contributed by atoms with Crippen molar-refractivity contribution in [2.45, 2.75) is 48.9 Å². The van der Waals surface area contributed by atoms with Crippen molar-refractivity contribution in [1.82, 2.24) is 4.90 Å². The molecule has 4 rings (SSSR count). The molecular formula is C24H28BrClN2O6. The highest BCUT2D eigenvalue weighted by atomic mass is 79.9. The summed E-state index contributed by atoms with van der Waals surface area (Å²) in [5.41, 5.74) is -0.756. The number of rotatable bonds is 8. The van der Waals surface area contributed by atoms with Crippen LogP contribution in [0, 0.1) is 17.8 Å². The number of fused-ring (bicyclic) bond motifs is 1. The highest BCUT2D eigenvalue weighted by Gasteiger charge is 2.77. The van der Waals surface area contributed by atoms with Gasteiger partial charge in [0.2, 0.25) is 5.91 Å². The number of ether oxygens (including phenoxy) is 1. The van der Waals surface area contributed by atoms with Gasteiger partial charge in [0.05, 0.1) is 30.6 Å². The molecule has 184 valence electrons. The largest absolute Gasteiger partial charge is 0.481 e. The molecule has 10 heteroatoms. The van der Waals surface area contributed by atoms with Gasteiger partial charge < -0.3 is 24.7 Å². The molecule has 2 bridgehead atoms. The fourth-order valence-electron chi connectivity index (χ4n) is 5.83. The number of nitrogens with zero attached hydrogens (tertiary/aromatic N) is 2. The molecule has 0 aromatic heterocycles. The zero-order chi connectivity index (χ0) is 24.9. The number of halogens is 2. The lowest BCUT2D eigenvalue weighted by Crippen LogP contribution is -2.60. The Bertz CT molecular complexity index is 1000. The highest BCUT2D eigenvalue weighted by molar-refractivity contribution is 9.09. The van der Waals surface area contributed by atoms with Gasteiger partial charge in [-0.1, -0.05) is 47.5 Å². The van der Waals surface area contributed by atoms with Crippen LogP contribution in [0.2, 0.25) is 5.02 Å². The molecular weight excluding hydrogens is 528 g/mol. The number of benzene rings is 1. The Labute approximate surface area is 211 Å².